The van der Waals surface area contributed by atoms with Crippen LogP contribution in [-0.4, -0.2) is 32.1 Å². The van der Waals surface area contributed by atoms with Crippen molar-refractivity contribution >= 4 is 5.91 Å². The van der Waals surface area contributed by atoms with Crippen LogP contribution in [0.15, 0.2) is 48.9 Å². The number of rotatable bonds is 5. The molecule has 0 radical (unpaired) electrons. The van der Waals surface area contributed by atoms with Crippen molar-refractivity contribution in [3.05, 3.63) is 77.3 Å². The maximum atomic E-state index is 13.1. The molecule has 0 saturated heterocycles. The molecule has 3 aromatic rings. The fourth-order valence-corrected chi connectivity index (χ4v) is 2.70. The van der Waals surface area contributed by atoms with E-state index in [0.717, 1.165) is 36.8 Å². The minimum Gasteiger partial charge on any atom is -0.379 e. The quantitative estimate of drug-likeness (QED) is 0.541. The van der Waals surface area contributed by atoms with Crippen LogP contribution in [0.4, 0.5) is 30.7 Å². The van der Waals surface area contributed by atoms with Crippen LogP contribution in [0.25, 0.3) is 11.3 Å². The van der Waals surface area contributed by atoms with Crippen LogP contribution >= 0.6 is 0 Å². The van der Waals surface area contributed by atoms with Gasteiger partial charge in [0.05, 0.1) is 11.9 Å². The van der Waals surface area contributed by atoms with Crippen LogP contribution in [0.1, 0.15) is 33.4 Å². The number of carbonyl (C=O) groups excluding carboxylic acids is 1. The van der Waals surface area contributed by atoms with Crippen molar-refractivity contribution in [2.45, 2.75) is 25.0 Å². The number of carbonyl (C=O) groups is 1. The third-order valence-corrected chi connectivity index (χ3v) is 4.28. The minimum atomic E-state index is -5.03. The van der Waals surface area contributed by atoms with E-state index in [1.165, 1.54) is 12.1 Å². The zero-order valence-electron chi connectivity index (χ0n) is 16.2. The molecule has 3 rings (SSSR count). The number of alkyl halides is 6. The summed E-state index contributed by atoms with van der Waals surface area (Å²) in [4.78, 5) is 22.6. The topological polar surface area (TPSA) is 88.0 Å². The molecule has 0 saturated carbocycles. The molecule has 174 valence electrons. The summed E-state index contributed by atoms with van der Waals surface area (Å²) in [5.74, 6) is -2.96. The average Bonchev–Trinajstić information content (AvgIpc) is 2.76. The number of aliphatic hydroxyl groups is 1. The number of aliphatic hydroxyl groups excluding tert-OH is 1. The van der Waals surface area contributed by atoms with Crippen LogP contribution < -0.4 is 5.32 Å². The summed E-state index contributed by atoms with van der Waals surface area (Å²) in [7, 11) is 0. The maximum Gasteiger partial charge on any atom is 0.451 e. The second kappa shape index (κ2) is 9.10. The van der Waals surface area contributed by atoms with Gasteiger partial charge in [-0.3, -0.25) is 9.78 Å². The first-order chi connectivity index (χ1) is 15.3. The van der Waals surface area contributed by atoms with Gasteiger partial charge in [-0.05, 0) is 35.9 Å². The van der Waals surface area contributed by atoms with E-state index in [0.29, 0.717) is 0 Å². The van der Waals surface area contributed by atoms with E-state index in [-0.39, 0.29) is 28.9 Å². The van der Waals surface area contributed by atoms with E-state index in [1.807, 2.05) is 0 Å². The molecule has 1 atom stereocenters. The zero-order valence-corrected chi connectivity index (χ0v) is 16.2. The Morgan fingerprint density at radius 2 is 1.64 bits per heavy atom. The third kappa shape index (κ3) is 6.00. The number of nitrogens with one attached hydrogen (secondary N) is 1. The van der Waals surface area contributed by atoms with Crippen LogP contribution in [0.5, 0.6) is 0 Å². The molecule has 0 spiro atoms. The van der Waals surface area contributed by atoms with Crippen molar-refractivity contribution in [3.63, 3.8) is 0 Å². The first-order valence-electron chi connectivity index (χ1n) is 9.02. The smallest absolute Gasteiger partial charge is 0.379 e. The molecule has 2 heterocycles. The highest BCUT2D eigenvalue weighted by atomic mass is 19.4. The number of nitrogens with zero attached hydrogens (tertiary/aromatic N) is 3. The fraction of sp³-hybridized carbons (Fsp3) is 0.200. The highest BCUT2D eigenvalue weighted by molar-refractivity contribution is 5.95. The molecule has 1 unspecified atom stereocenters. The van der Waals surface area contributed by atoms with Crippen LogP contribution in [0, 0.1) is 5.82 Å². The predicted molar refractivity (Wildman–Crippen MR) is 98.9 cm³/mol. The van der Waals surface area contributed by atoms with Crippen LogP contribution in [-0.2, 0) is 12.7 Å². The lowest BCUT2D eigenvalue weighted by molar-refractivity contribution is -0.206. The molecule has 0 aliphatic rings. The van der Waals surface area contributed by atoms with Crippen LogP contribution in [0.3, 0.4) is 0 Å². The minimum absolute atomic E-state index is 0.00110. The third-order valence-electron chi connectivity index (χ3n) is 4.28. The monoisotopic (exact) mass is 474 g/mol. The van der Waals surface area contributed by atoms with E-state index in [9.17, 15) is 40.6 Å². The normalized spacial score (nSPS) is 13.0. The van der Waals surface area contributed by atoms with Crippen molar-refractivity contribution in [1.29, 1.82) is 0 Å². The highest BCUT2D eigenvalue weighted by Crippen LogP contribution is 2.35. The van der Waals surface area contributed by atoms with Crippen molar-refractivity contribution in [2.24, 2.45) is 0 Å². The van der Waals surface area contributed by atoms with Gasteiger partial charge in [0, 0.05) is 35.6 Å². The van der Waals surface area contributed by atoms with Crippen molar-refractivity contribution < 1.29 is 40.6 Å². The summed E-state index contributed by atoms with van der Waals surface area (Å²) in [5.41, 5.74) is -0.821. The van der Waals surface area contributed by atoms with Gasteiger partial charge in [-0.15, -0.1) is 0 Å². The van der Waals surface area contributed by atoms with Crippen LogP contribution in [0.2, 0.25) is 0 Å². The molecule has 0 aliphatic carbocycles. The second-order valence-corrected chi connectivity index (χ2v) is 6.74. The van der Waals surface area contributed by atoms with Gasteiger partial charge in [0.2, 0.25) is 5.82 Å². The Balaban J connectivity index is 1.87. The maximum absolute atomic E-state index is 13.1. The number of amides is 1. The summed E-state index contributed by atoms with van der Waals surface area (Å²) in [6.45, 7) is -0.326. The van der Waals surface area contributed by atoms with Gasteiger partial charge in [0.25, 0.3) is 5.91 Å². The Labute approximate surface area is 181 Å². The van der Waals surface area contributed by atoms with Crippen molar-refractivity contribution in [2.75, 3.05) is 0 Å². The lowest BCUT2D eigenvalue weighted by Crippen LogP contribution is -2.25. The molecule has 6 nitrogen and oxygen atoms in total. The first kappa shape index (κ1) is 24.0. The molecule has 2 N–H and O–H groups in total. The molecular formula is C20H13F7N4O2. The largest absolute Gasteiger partial charge is 0.451 e. The van der Waals surface area contributed by atoms with Gasteiger partial charge in [0.1, 0.15) is 5.82 Å². The Morgan fingerprint density at radius 1 is 0.970 bits per heavy atom. The lowest BCUT2D eigenvalue weighted by atomic mass is 9.99. The molecule has 1 amide bonds. The Morgan fingerprint density at radius 3 is 2.18 bits per heavy atom. The Bertz CT molecular complexity index is 1130. The van der Waals surface area contributed by atoms with E-state index in [1.54, 1.807) is 0 Å². The molecular weight excluding hydrogens is 461 g/mol. The highest BCUT2D eigenvalue weighted by Gasteiger charge is 2.40. The first-order valence-corrected chi connectivity index (χ1v) is 9.02. The Kier molecular flexibility index (Phi) is 6.63. The molecule has 0 bridgehead atoms. The molecule has 13 heteroatoms. The molecule has 0 fully saturated rings. The number of hydrogen-bond acceptors (Lipinski definition) is 5. The Hall–Kier alpha value is -3.61. The average molecular weight is 474 g/mol. The summed E-state index contributed by atoms with van der Waals surface area (Å²) < 4.78 is 89.8. The van der Waals surface area contributed by atoms with Gasteiger partial charge in [-0.1, -0.05) is 0 Å². The molecule has 2 aromatic heterocycles. The van der Waals surface area contributed by atoms with Crippen molar-refractivity contribution in [1.82, 2.24) is 20.3 Å². The second-order valence-electron chi connectivity index (χ2n) is 6.74. The van der Waals surface area contributed by atoms with Gasteiger partial charge in [0.15, 0.2) is 6.10 Å². The standard InChI is InChI=1S/C20H13F7N4O2/c21-14-1-2-15(28-9-14)11-3-12(16(32)19(22,23)24)5-13(4-11)17(33)29-6-10-7-30-18(31-8-10)20(25,26)27/h1-5,7-9,16,32H,6H2,(H,29,33). The summed E-state index contributed by atoms with van der Waals surface area (Å²) >= 11 is 0. The van der Waals surface area contributed by atoms with Gasteiger partial charge in [-0.25, -0.2) is 14.4 Å². The number of pyridine rings is 1. The van der Waals surface area contributed by atoms with E-state index in [2.05, 4.69) is 20.3 Å². The number of hydrogen-bond donors (Lipinski definition) is 2. The van der Waals surface area contributed by atoms with E-state index >= 15 is 0 Å². The van der Waals surface area contributed by atoms with E-state index in [4.69, 9.17) is 0 Å². The SMILES string of the molecule is O=C(NCc1cnc(C(F)(F)F)nc1)c1cc(-c2ccc(F)cn2)cc(C(O)C(F)(F)F)c1. The fourth-order valence-electron chi connectivity index (χ4n) is 2.70. The van der Waals surface area contributed by atoms with Crippen molar-refractivity contribution in [3.8, 4) is 11.3 Å². The zero-order chi connectivity index (χ0) is 24.4. The molecule has 33 heavy (non-hydrogen) atoms. The lowest BCUT2D eigenvalue weighted by Gasteiger charge is -2.17. The van der Waals surface area contributed by atoms with E-state index < -0.39 is 41.6 Å². The summed E-state index contributed by atoms with van der Waals surface area (Å²) in [6.07, 6.45) is -10.2. The predicted octanol–water partition coefficient (Wildman–Crippen LogP) is 4.22. The number of aromatic nitrogens is 3. The van der Waals surface area contributed by atoms with Gasteiger partial charge >= 0.3 is 12.4 Å². The molecule has 0 aliphatic heterocycles. The van der Waals surface area contributed by atoms with Gasteiger partial charge in [-0.2, -0.15) is 26.3 Å². The summed E-state index contributed by atoms with van der Waals surface area (Å²) in [6, 6.07) is 5.13. The molecule has 1 aromatic carbocycles. The number of halogens is 7. The summed E-state index contributed by atoms with van der Waals surface area (Å²) in [5, 5.41) is 12.0. The van der Waals surface area contributed by atoms with Gasteiger partial charge < -0.3 is 10.4 Å². The number of benzene rings is 1.